The first kappa shape index (κ1) is 11.5. The molecule has 0 aliphatic heterocycles. The van der Waals surface area contributed by atoms with Crippen LogP contribution < -0.4 is 10.1 Å². The second-order valence-corrected chi connectivity index (χ2v) is 5.36. The molecular weight excluding hydrogens is 248 g/mol. The van der Waals surface area contributed by atoms with E-state index in [1.54, 1.807) is 18.4 Å². The van der Waals surface area contributed by atoms with Gasteiger partial charge in [0.05, 0.1) is 10.2 Å². The van der Waals surface area contributed by atoms with Gasteiger partial charge in [-0.2, -0.15) is 0 Å². The number of fused-ring (bicyclic) bond motifs is 1. The van der Waals surface area contributed by atoms with Crippen molar-refractivity contribution in [2.75, 3.05) is 7.05 Å². The Balaban J connectivity index is 1.68. The zero-order chi connectivity index (χ0) is 12.5. The number of hydrogen-bond acceptors (Lipinski definition) is 4. The van der Waals surface area contributed by atoms with E-state index in [1.165, 1.54) is 0 Å². The van der Waals surface area contributed by atoms with Crippen molar-refractivity contribution < 1.29 is 9.53 Å². The van der Waals surface area contributed by atoms with Crippen molar-refractivity contribution in [1.29, 1.82) is 0 Å². The third-order valence-corrected chi connectivity index (χ3v) is 4.12. The number of nitrogens with zero attached hydrogens (tertiary/aromatic N) is 1. The van der Waals surface area contributed by atoms with Crippen LogP contribution in [0.25, 0.3) is 10.2 Å². The zero-order valence-electron chi connectivity index (χ0n) is 10.1. The first-order valence-electron chi connectivity index (χ1n) is 5.98. The van der Waals surface area contributed by atoms with Crippen molar-refractivity contribution in [3.05, 3.63) is 23.7 Å². The maximum atomic E-state index is 11.4. The highest BCUT2D eigenvalue weighted by Gasteiger charge is 2.35. The second kappa shape index (κ2) is 4.57. The number of nitrogens with one attached hydrogen (secondary N) is 1. The number of amides is 1. The molecule has 1 aromatic carbocycles. The summed E-state index contributed by atoms with van der Waals surface area (Å²) in [5.41, 5.74) is 2.75. The van der Waals surface area contributed by atoms with Gasteiger partial charge in [-0.1, -0.05) is 6.07 Å². The molecule has 1 saturated carbocycles. The summed E-state index contributed by atoms with van der Waals surface area (Å²) in [6, 6.07) is 5.95. The quantitative estimate of drug-likeness (QED) is 0.922. The number of benzene rings is 1. The fourth-order valence-corrected chi connectivity index (χ4v) is 2.91. The maximum absolute atomic E-state index is 11.4. The van der Waals surface area contributed by atoms with Crippen LogP contribution >= 0.6 is 11.3 Å². The molecule has 0 spiro atoms. The fraction of sp³-hybridized carbons (Fsp3) is 0.385. The standard InChI is InChI=1S/C13H14N2O2S/c1-14-13(16)8-5-9(6-8)17-10-3-2-4-11-12(10)15-7-18-11/h2-4,7-9H,5-6H2,1H3,(H,14,16)/t8-,9-. The van der Waals surface area contributed by atoms with Crippen LogP contribution in [0.2, 0.25) is 0 Å². The summed E-state index contributed by atoms with van der Waals surface area (Å²) < 4.78 is 7.04. The Kier molecular flexibility index (Phi) is 2.91. The number of aromatic nitrogens is 1. The second-order valence-electron chi connectivity index (χ2n) is 4.48. The minimum Gasteiger partial charge on any atom is -0.488 e. The largest absolute Gasteiger partial charge is 0.488 e. The number of hydrogen-bond donors (Lipinski definition) is 1. The summed E-state index contributed by atoms with van der Waals surface area (Å²) >= 11 is 1.61. The topological polar surface area (TPSA) is 51.2 Å². The average Bonchev–Trinajstić information content (AvgIpc) is 2.81. The van der Waals surface area contributed by atoms with E-state index in [0.717, 1.165) is 28.8 Å². The van der Waals surface area contributed by atoms with E-state index in [-0.39, 0.29) is 17.9 Å². The number of ether oxygens (including phenoxy) is 1. The van der Waals surface area contributed by atoms with Gasteiger partial charge in [0.25, 0.3) is 0 Å². The Morgan fingerprint density at radius 1 is 1.50 bits per heavy atom. The van der Waals surface area contributed by atoms with Crippen LogP contribution in [0.4, 0.5) is 0 Å². The molecule has 2 aromatic rings. The van der Waals surface area contributed by atoms with Gasteiger partial charge < -0.3 is 10.1 Å². The van der Waals surface area contributed by atoms with Crippen molar-refractivity contribution >= 4 is 27.5 Å². The molecule has 1 amide bonds. The van der Waals surface area contributed by atoms with Crippen LogP contribution in [0.15, 0.2) is 23.7 Å². The first-order valence-corrected chi connectivity index (χ1v) is 6.86. The van der Waals surface area contributed by atoms with Gasteiger partial charge in [0.1, 0.15) is 17.4 Å². The molecule has 0 radical (unpaired) electrons. The monoisotopic (exact) mass is 262 g/mol. The molecule has 1 aromatic heterocycles. The molecule has 3 rings (SSSR count). The van der Waals surface area contributed by atoms with Crippen LogP contribution in [-0.2, 0) is 4.79 Å². The first-order chi connectivity index (χ1) is 8.78. The molecule has 94 valence electrons. The molecule has 18 heavy (non-hydrogen) atoms. The van der Waals surface area contributed by atoms with Gasteiger partial charge in [-0.15, -0.1) is 11.3 Å². The van der Waals surface area contributed by atoms with Crippen molar-refractivity contribution in [1.82, 2.24) is 10.3 Å². The summed E-state index contributed by atoms with van der Waals surface area (Å²) in [6.07, 6.45) is 1.72. The van der Waals surface area contributed by atoms with Crippen molar-refractivity contribution in [2.24, 2.45) is 5.92 Å². The Bertz CT molecular complexity index is 575. The van der Waals surface area contributed by atoms with E-state index >= 15 is 0 Å². The van der Waals surface area contributed by atoms with Crippen LogP contribution in [-0.4, -0.2) is 24.0 Å². The summed E-state index contributed by atoms with van der Waals surface area (Å²) in [6.45, 7) is 0. The molecule has 1 heterocycles. The van der Waals surface area contributed by atoms with Gasteiger partial charge in [-0.3, -0.25) is 4.79 Å². The molecule has 1 fully saturated rings. The van der Waals surface area contributed by atoms with E-state index in [4.69, 9.17) is 4.74 Å². The SMILES string of the molecule is CNC(=O)[C@H]1C[C@H](Oc2cccc3scnc23)C1. The summed E-state index contributed by atoms with van der Waals surface area (Å²) in [7, 11) is 1.67. The van der Waals surface area contributed by atoms with E-state index in [0.29, 0.717) is 0 Å². The minimum absolute atomic E-state index is 0.106. The van der Waals surface area contributed by atoms with Crippen LogP contribution in [0, 0.1) is 5.92 Å². The van der Waals surface area contributed by atoms with Crippen LogP contribution in [0.1, 0.15) is 12.8 Å². The Labute approximate surface area is 109 Å². The van der Waals surface area contributed by atoms with Gasteiger partial charge >= 0.3 is 0 Å². The highest BCUT2D eigenvalue weighted by molar-refractivity contribution is 7.16. The maximum Gasteiger partial charge on any atom is 0.223 e. The molecule has 1 N–H and O–H groups in total. The normalized spacial score (nSPS) is 22.5. The van der Waals surface area contributed by atoms with Gasteiger partial charge in [-0.25, -0.2) is 4.98 Å². The Morgan fingerprint density at radius 3 is 3.11 bits per heavy atom. The molecule has 0 atom stereocenters. The average molecular weight is 262 g/mol. The van der Waals surface area contributed by atoms with Crippen LogP contribution in [0.3, 0.4) is 0 Å². The lowest BCUT2D eigenvalue weighted by Crippen LogP contribution is -2.42. The molecule has 0 saturated heterocycles. The molecular formula is C13H14N2O2S. The van der Waals surface area contributed by atoms with Gasteiger partial charge in [0.15, 0.2) is 0 Å². The summed E-state index contributed by atoms with van der Waals surface area (Å²) in [5.74, 6) is 1.05. The number of thiazole rings is 1. The Hall–Kier alpha value is -1.62. The minimum atomic E-state index is 0.106. The lowest BCUT2D eigenvalue weighted by molar-refractivity contribution is -0.130. The zero-order valence-corrected chi connectivity index (χ0v) is 10.9. The predicted octanol–water partition coefficient (Wildman–Crippen LogP) is 2.20. The number of carbonyl (C=O) groups excluding carboxylic acids is 1. The highest BCUT2D eigenvalue weighted by Crippen LogP contribution is 2.34. The van der Waals surface area contributed by atoms with E-state index in [1.807, 2.05) is 23.7 Å². The lowest BCUT2D eigenvalue weighted by Gasteiger charge is -2.34. The number of rotatable bonds is 3. The van der Waals surface area contributed by atoms with Crippen molar-refractivity contribution in [3.63, 3.8) is 0 Å². The number of para-hydroxylation sites is 1. The van der Waals surface area contributed by atoms with Crippen molar-refractivity contribution in [2.45, 2.75) is 18.9 Å². The lowest BCUT2D eigenvalue weighted by atomic mass is 9.81. The molecule has 5 heteroatoms. The molecule has 4 nitrogen and oxygen atoms in total. The smallest absolute Gasteiger partial charge is 0.223 e. The van der Waals surface area contributed by atoms with E-state index < -0.39 is 0 Å². The van der Waals surface area contributed by atoms with Crippen LogP contribution in [0.5, 0.6) is 5.75 Å². The highest BCUT2D eigenvalue weighted by atomic mass is 32.1. The third kappa shape index (κ3) is 1.95. The molecule has 0 unspecified atom stereocenters. The van der Waals surface area contributed by atoms with Gasteiger partial charge in [0.2, 0.25) is 5.91 Å². The Morgan fingerprint density at radius 2 is 2.33 bits per heavy atom. The number of carbonyl (C=O) groups is 1. The predicted molar refractivity (Wildman–Crippen MR) is 70.8 cm³/mol. The summed E-state index contributed by atoms with van der Waals surface area (Å²) in [5, 5.41) is 2.67. The van der Waals surface area contributed by atoms with Gasteiger partial charge in [0, 0.05) is 13.0 Å². The molecule has 1 aliphatic rings. The fourth-order valence-electron chi connectivity index (χ4n) is 2.22. The van der Waals surface area contributed by atoms with Gasteiger partial charge in [-0.05, 0) is 25.0 Å². The van der Waals surface area contributed by atoms with E-state index in [2.05, 4.69) is 10.3 Å². The van der Waals surface area contributed by atoms with E-state index in [9.17, 15) is 4.79 Å². The van der Waals surface area contributed by atoms with Crippen molar-refractivity contribution in [3.8, 4) is 5.75 Å². The summed E-state index contributed by atoms with van der Waals surface area (Å²) in [4.78, 5) is 15.7. The molecule has 0 bridgehead atoms. The third-order valence-electron chi connectivity index (χ3n) is 3.33. The molecule has 1 aliphatic carbocycles.